The molecule has 0 radical (unpaired) electrons. The molecule has 0 amide bonds. The average Bonchev–Trinajstić information content (AvgIpc) is 3.17. The molecule has 1 unspecified atom stereocenters. The third-order valence-electron chi connectivity index (χ3n) is 6.46. The molecule has 3 aromatic carbocycles. The van der Waals surface area contributed by atoms with E-state index < -0.39 is 0 Å². The molecule has 1 atom stereocenters. The molecule has 3 aromatic rings. The largest absolute Gasteiger partial charge is 0.489 e. The topological polar surface area (TPSA) is 38.3 Å². The van der Waals surface area contributed by atoms with Crippen LogP contribution in [-0.2, 0) is 17.8 Å². The minimum absolute atomic E-state index is 0.265. The van der Waals surface area contributed by atoms with Gasteiger partial charge in [0.15, 0.2) is 0 Å². The number of nitrogens with one attached hydrogen (secondary N) is 1. The highest BCUT2D eigenvalue weighted by Gasteiger charge is 2.32. The van der Waals surface area contributed by atoms with Crippen molar-refractivity contribution in [3.63, 3.8) is 0 Å². The lowest BCUT2D eigenvalue weighted by molar-refractivity contribution is -0.113. The second-order valence-corrected chi connectivity index (χ2v) is 8.53. The maximum absolute atomic E-state index is 10.8. The summed E-state index contributed by atoms with van der Waals surface area (Å²) in [5, 5.41) is 3.73. The van der Waals surface area contributed by atoms with Gasteiger partial charge < -0.3 is 14.8 Å². The van der Waals surface area contributed by atoms with Gasteiger partial charge in [0.2, 0.25) is 0 Å². The Balaban J connectivity index is 1.18. The fourth-order valence-corrected chi connectivity index (χ4v) is 4.64. The number of hydrogen-bond donors (Lipinski definition) is 1. The van der Waals surface area contributed by atoms with Crippen LogP contribution >= 0.6 is 0 Å². The van der Waals surface area contributed by atoms with Crippen molar-refractivity contribution in [1.29, 1.82) is 0 Å². The molecule has 30 heavy (non-hydrogen) atoms. The Bertz CT molecular complexity index is 1010. The summed E-state index contributed by atoms with van der Waals surface area (Å²) >= 11 is 0. The van der Waals surface area contributed by atoms with Gasteiger partial charge in [-0.2, -0.15) is 0 Å². The highest BCUT2D eigenvalue weighted by atomic mass is 16.5. The van der Waals surface area contributed by atoms with Crippen molar-refractivity contribution >= 4 is 6.29 Å². The first-order chi connectivity index (χ1) is 14.8. The van der Waals surface area contributed by atoms with Crippen LogP contribution in [0.5, 0.6) is 5.75 Å². The van der Waals surface area contributed by atoms with Gasteiger partial charge in [-0.3, -0.25) is 0 Å². The third kappa shape index (κ3) is 4.03. The Kier molecular flexibility index (Phi) is 5.37. The molecule has 3 heteroatoms. The summed E-state index contributed by atoms with van der Waals surface area (Å²) in [6.45, 7) is 0.574. The second kappa shape index (κ2) is 8.45. The van der Waals surface area contributed by atoms with E-state index in [-0.39, 0.29) is 5.92 Å². The average molecular weight is 398 g/mol. The fraction of sp³-hybridized carbons (Fsp3) is 0.296. The van der Waals surface area contributed by atoms with E-state index >= 15 is 0 Å². The van der Waals surface area contributed by atoms with Crippen molar-refractivity contribution in [3.8, 4) is 16.9 Å². The van der Waals surface area contributed by atoms with Crippen LogP contribution in [0, 0.1) is 5.92 Å². The van der Waals surface area contributed by atoms with E-state index in [9.17, 15) is 4.79 Å². The molecule has 0 saturated heterocycles. The number of carbonyl (C=O) groups is 1. The molecule has 0 aromatic heterocycles. The van der Waals surface area contributed by atoms with Gasteiger partial charge >= 0.3 is 0 Å². The lowest BCUT2D eigenvalue weighted by Crippen LogP contribution is -2.43. The molecule has 0 spiro atoms. The molecule has 3 nitrogen and oxygen atoms in total. The van der Waals surface area contributed by atoms with E-state index in [1.807, 2.05) is 6.07 Å². The standard InChI is InChI=1S/C27H27NO2/c29-17-20-14-24(15-20)28-27-13-10-23-16-25(11-12-26(23)27)30-18-19-6-8-22(9-7-19)21-4-2-1-3-5-21/h1-9,11-12,16-17,20,24,27-28H,10,13-15,18H2/t20-,24-,27?. The molecule has 5 rings (SSSR count). The van der Waals surface area contributed by atoms with E-state index in [0.29, 0.717) is 18.7 Å². The summed E-state index contributed by atoms with van der Waals surface area (Å²) in [5.41, 5.74) is 6.40. The normalized spacial score (nSPS) is 22.2. The number of hydrogen-bond acceptors (Lipinski definition) is 3. The monoisotopic (exact) mass is 397 g/mol. The molecular weight excluding hydrogens is 370 g/mol. The van der Waals surface area contributed by atoms with Crippen LogP contribution in [-0.4, -0.2) is 12.3 Å². The van der Waals surface area contributed by atoms with E-state index in [1.54, 1.807) is 0 Å². The molecule has 0 aliphatic heterocycles. The molecule has 0 heterocycles. The Morgan fingerprint density at radius 1 is 0.933 bits per heavy atom. The number of aldehydes is 1. The quantitative estimate of drug-likeness (QED) is 0.536. The first-order valence-electron chi connectivity index (χ1n) is 10.9. The number of fused-ring (bicyclic) bond motifs is 1. The van der Waals surface area contributed by atoms with Crippen molar-refractivity contribution in [1.82, 2.24) is 5.32 Å². The van der Waals surface area contributed by atoms with Crippen LogP contribution in [0.1, 0.15) is 42.0 Å². The Morgan fingerprint density at radius 3 is 2.47 bits per heavy atom. The van der Waals surface area contributed by atoms with Gasteiger partial charge in [0.1, 0.15) is 18.6 Å². The Hall–Kier alpha value is -2.91. The van der Waals surface area contributed by atoms with E-state index in [1.165, 1.54) is 27.8 Å². The number of carbonyl (C=O) groups excluding carboxylic acids is 1. The van der Waals surface area contributed by atoms with Crippen molar-refractivity contribution in [2.45, 2.75) is 44.4 Å². The molecule has 2 aliphatic rings. The first kappa shape index (κ1) is 19.1. The van der Waals surface area contributed by atoms with E-state index in [2.05, 4.69) is 72.0 Å². The SMILES string of the molecule is O=C[C@H]1C[C@H](NC2CCc3cc(OCc4ccc(-c5ccccc5)cc4)ccc32)C1. The van der Waals surface area contributed by atoms with Gasteiger partial charge in [-0.15, -0.1) is 0 Å². The van der Waals surface area contributed by atoms with Crippen molar-refractivity contribution in [2.75, 3.05) is 0 Å². The summed E-state index contributed by atoms with van der Waals surface area (Å²) in [4.78, 5) is 10.8. The van der Waals surface area contributed by atoms with Gasteiger partial charge in [0.25, 0.3) is 0 Å². The van der Waals surface area contributed by atoms with Crippen LogP contribution in [0.25, 0.3) is 11.1 Å². The maximum atomic E-state index is 10.8. The number of benzene rings is 3. The number of ether oxygens (including phenoxy) is 1. The zero-order chi connectivity index (χ0) is 20.3. The summed E-state index contributed by atoms with van der Waals surface area (Å²) < 4.78 is 6.08. The zero-order valence-corrected chi connectivity index (χ0v) is 17.1. The van der Waals surface area contributed by atoms with Crippen LogP contribution in [0.3, 0.4) is 0 Å². The lowest BCUT2D eigenvalue weighted by atomic mass is 9.81. The highest BCUT2D eigenvalue weighted by Crippen LogP contribution is 2.36. The molecule has 1 fully saturated rings. The third-order valence-corrected chi connectivity index (χ3v) is 6.46. The maximum Gasteiger partial charge on any atom is 0.123 e. The van der Waals surface area contributed by atoms with Gasteiger partial charge in [-0.1, -0.05) is 60.7 Å². The second-order valence-electron chi connectivity index (χ2n) is 8.53. The predicted molar refractivity (Wildman–Crippen MR) is 119 cm³/mol. The zero-order valence-electron chi connectivity index (χ0n) is 17.1. The summed E-state index contributed by atoms with van der Waals surface area (Å²) in [6.07, 6.45) is 5.28. The number of rotatable bonds is 7. The molecule has 1 N–H and O–H groups in total. The van der Waals surface area contributed by atoms with Gasteiger partial charge in [0.05, 0.1) is 0 Å². The summed E-state index contributed by atoms with van der Waals surface area (Å²) in [6, 6.07) is 26.4. The van der Waals surface area contributed by atoms with Crippen molar-refractivity contribution in [3.05, 3.63) is 89.5 Å². The lowest BCUT2D eigenvalue weighted by Gasteiger charge is -2.35. The van der Waals surface area contributed by atoms with Crippen LogP contribution in [0.2, 0.25) is 0 Å². The Labute approximate surface area is 178 Å². The highest BCUT2D eigenvalue weighted by molar-refractivity contribution is 5.63. The summed E-state index contributed by atoms with van der Waals surface area (Å²) in [5.74, 6) is 1.20. The minimum Gasteiger partial charge on any atom is -0.489 e. The van der Waals surface area contributed by atoms with Crippen LogP contribution in [0.4, 0.5) is 0 Å². The van der Waals surface area contributed by atoms with Crippen LogP contribution in [0.15, 0.2) is 72.8 Å². The van der Waals surface area contributed by atoms with Gasteiger partial charge in [0, 0.05) is 18.0 Å². The van der Waals surface area contributed by atoms with E-state index in [4.69, 9.17) is 4.74 Å². The minimum atomic E-state index is 0.265. The molecule has 2 aliphatic carbocycles. The van der Waals surface area contributed by atoms with Gasteiger partial charge in [-0.25, -0.2) is 0 Å². The van der Waals surface area contributed by atoms with Crippen molar-refractivity contribution < 1.29 is 9.53 Å². The smallest absolute Gasteiger partial charge is 0.123 e. The molecule has 0 bridgehead atoms. The number of aryl methyl sites for hydroxylation is 1. The van der Waals surface area contributed by atoms with Crippen molar-refractivity contribution in [2.24, 2.45) is 5.92 Å². The van der Waals surface area contributed by atoms with Gasteiger partial charge in [-0.05, 0) is 65.6 Å². The first-order valence-corrected chi connectivity index (χ1v) is 10.9. The fourth-order valence-electron chi connectivity index (χ4n) is 4.64. The van der Waals surface area contributed by atoms with Crippen LogP contribution < -0.4 is 10.1 Å². The predicted octanol–water partition coefficient (Wildman–Crippen LogP) is 5.49. The molecule has 152 valence electrons. The molecule has 1 saturated carbocycles. The molecular formula is C27H27NO2. The summed E-state index contributed by atoms with van der Waals surface area (Å²) in [7, 11) is 0. The Morgan fingerprint density at radius 2 is 1.70 bits per heavy atom. The van der Waals surface area contributed by atoms with E-state index in [0.717, 1.165) is 37.7 Å².